The van der Waals surface area contributed by atoms with Gasteiger partial charge in [0.05, 0.1) is 19.3 Å². The Morgan fingerprint density at radius 1 is 1.50 bits per heavy atom. The minimum absolute atomic E-state index is 0.223. The fraction of sp³-hybridized carbons (Fsp3) is 0.500. The monoisotopic (exact) mass is 225 g/mol. The van der Waals surface area contributed by atoms with Crippen molar-refractivity contribution in [3.05, 3.63) is 29.6 Å². The van der Waals surface area contributed by atoms with E-state index in [0.29, 0.717) is 11.3 Å². The summed E-state index contributed by atoms with van der Waals surface area (Å²) in [5.41, 5.74) is 6.18. The number of nitrogens with two attached hydrogens (primary N) is 1. The quantitative estimate of drug-likeness (QED) is 0.818. The zero-order chi connectivity index (χ0) is 11.7. The van der Waals surface area contributed by atoms with Crippen LogP contribution in [0.15, 0.2) is 18.2 Å². The van der Waals surface area contributed by atoms with Crippen LogP contribution in [0.3, 0.4) is 0 Å². The van der Waals surface area contributed by atoms with Gasteiger partial charge >= 0.3 is 0 Å². The molecule has 4 heteroatoms. The molecule has 0 amide bonds. The summed E-state index contributed by atoms with van der Waals surface area (Å²) in [5, 5.41) is 9.87. The summed E-state index contributed by atoms with van der Waals surface area (Å²) >= 11 is 0. The van der Waals surface area contributed by atoms with Crippen LogP contribution in [0.25, 0.3) is 0 Å². The molecule has 0 radical (unpaired) electrons. The fourth-order valence-corrected chi connectivity index (χ4v) is 1.82. The topological polar surface area (TPSA) is 55.5 Å². The van der Waals surface area contributed by atoms with Gasteiger partial charge in [0.25, 0.3) is 0 Å². The van der Waals surface area contributed by atoms with Crippen molar-refractivity contribution in [2.75, 3.05) is 7.11 Å². The molecule has 2 rings (SSSR count). The van der Waals surface area contributed by atoms with Crippen molar-refractivity contribution in [3.8, 4) is 5.75 Å². The standard InChI is InChI=1S/C12H16FNO2/c1-16-8-4-5-10(13)9(6-8)11(14)12(15)7-2-3-7/h4-7,11-12,15H,2-3,14H2,1H3/t11-,12+/m0/s1. The molecule has 1 aliphatic rings. The van der Waals surface area contributed by atoms with Gasteiger partial charge in [-0.05, 0) is 37.0 Å². The van der Waals surface area contributed by atoms with Crippen LogP contribution >= 0.6 is 0 Å². The zero-order valence-corrected chi connectivity index (χ0v) is 9.19. The molecule has 1 saturated carbocycles. The molecular formula is C12H16FNO2. The number of rotatable bonds is 4. The highest BCUT2D eigenvalue weighted by Gasteiger charge is 2.35. The van der Waals surface area contributed by atoms with Crippen LogP contribution in [0, 0.1) is 11.7 Å². The highest BCUT2D eigenvalue weighted by Crippen LogP contribution is 2.38. The lowest BCUT2D eigenvalue weighted by Gasteiger charge is -2.19. The van der Waals surface area contributed by atoms with Crippen molar-refractivity contribution in [3.63, 3.8) is 0 Å². The van der Waals surface area contributed by atoms with Crippen molar-refractivity contribution in [2.45, 2.75) is 25.0 Å². The number of aliphatic hydroxyl groups is 1. The first-order valence-electron chi connectivity index (χ1n) is 5.40. The van der Waals surface area contributed by atoms with E-state index in [0.717, 1.165) is 12.8 Å². The molecule has 0 saturated heterocycles. The average Bonchev–Trinajstić information content (AvgIpc) is 3.12. The van der Waals surface area contributed by atoms with Gasteiger partial charge in [0, 0.05) is 5.56 Å². The van der Waals surface area contributed by atoms with Crippen molar-refractivity contribution < 1.29 is 14.2 Å². The van der Waals surface area contributed by atoms with Gasteiger partial charge in [-0.3, -0.25) is 0 Å². The number of methoxy groups -OCH3 is 1. The number of benzene rings is 1. The second kappa shape index (κ2) is 4.39. The maximum atomic E-state index is 13.6. The second-order valence-corrected chi connectivity index (χ2v) is 4.24. The predicted octanol–water partition coefficient (Wildman–Crippen LogP) is 1.60. The summed E-state index contributed by atoms with van der Waals surface area (Å²) in [6.07, 6.45) is 1.28. The molecular weight excluding hydrogens is 209 g/mol. The first-order valence-corrected chi connectivity index (χ1v) is 5.40. The Balaban J connectivity index is 2.23. The van der Waals surface area contributed by atoms with Gasteiger partial charge in [0.1, 0.15) is 11.6 Å². The largest absolute Gasteiger partial charge is 0.497 e. The van der Waals surface area contributed by atoms with Gasteiger partial charge in [0.2, 0.25) is 0 Å². The average molecular weight is 225 g/mol. The number of hydrogen-bond acceptors (Lipinski definition) is 3. The lowest BCUT2D eigenvalue weighted by Crippen LogP contribution is -2.28. The first-order chi connectivity index (χ1) is 7.63. The summed E-state index contributed by atoms with van der Waals surface area (Å²) in [6, 6.07) is 3.72. The van der Waals surface area contributed by atoms with Crippen LogP contribution in [-0.2, 0) is 0 Å². The maximum Gasteiger partial charge on any atom is 0.128 e. The molecule has 0 spiro atoms. The molecule has 1 aromatic rings. The van der Waals surface area contributed by atoms with Crippen LogP contribution in [0.4, 0.5) is 4.39 Å². The van der Waals surface area contributed by atoms with E-state index in [2.05, 4.69) is 0 Å². The molecule has 3 nitrogen and oxygen atoms in total. The zero-order valence-electron chi connectivity index (χ0n) is 9.19. The number of aliphatic hydroxyl groups excluding tert-OH is 1. The van der Waals surface area contributed by atoms with Crippen LogP contribution in [-0.4, -0.2) is 18.3 Å². The molecule has 0 heterocycles. The lowest BCUT2D eigenvalue weighted by atomic mass is 9.98. The third-order valence-corrected chi connectivity index (χ3v) is 3.04. The minimum atomic E-state index is -0.678. The molecule has 1 aromatic carbocycles. The van der Waals surface area contributed by atoms with E-state index in [1.165, 1.54) is 19.2 Å². The molecule has 0 unspecified atom stereocenters. The van der Waals surface area contributed by atoms with E-state index in [1.807, 2.05) is 0 Å². The van der Waals surface area contributed by atoms with E-state index in [9.17, 15) is 9.50 Å². The Labute approximate surface area is 94.0 Å². The Bertz CT molecular complexity index is 379. The van der Waals surface area contributed by atoms with Crippen molar-refractivity contribution in [2.24, 2.45) is 11.7 Å². The molecule has 16 heavy (non-hydrogen) atoms. The highest BCUT2D eigenvalue weighted by molar-refractivity contribution is 5.32. The summed E-state index contributed by atoms with van der Waals surface area (Å²) in [4.78, 5) is 0. The van der Waals surface area contributed by atoms with Gasteiger partial charge < -0.3 is 15.6 Å². The van der Waals surface area contributed by atoms with E-state index in [-0.39, 0.29) is 5.92 Å². The number of ether oxygens (including phenoxy) is 1. The van der Waals surface area contributed by atoms with Crippen LogP contribution in [0.5, 0.6) is 5.75 Å². The summed E-state index contributed by atoms with van der Waals surface area (Å²) in [5.74, 6) is 0.378. The Kier molecular flexibility index (Phi) is 3.12. The van der Waals surface area contributed by atoms with Gasteiger partial charge in [-0.25, -0.2) is 4.39 Å². The molecule has 1 aliphatic carbocycles. The Morgan fingerprint density at radius 3 is 2.75 bits per heavy atom. The summed E-state index contributed by atoms with van der Waals surface area (Å²) in [7, 11) is 1.51. The van der Waals surface area contributed by atoms with Gasteiger partial charge in [-0.1, -0.05) is 0 Å². The van der Waals surface area contributed by atoms with Gasteiger partial charge in [-0.15, -0.1) is 0 Å². The summed E-state index contributed by atoms with van der Waals surface area (Å²) < 4.78 is 18.6. The SMILES string of the molecule is COc1ccc(F)c([C@H](N)[C@H](O)C2CC2)c1. The lowest BCUT2D eigenvalue weighted by molar-refractivity contribution is 0.121. The minimum Gasteiger partial charge on any atom is -0.497 e. The van der Waals surface area contributed by atoms with Crippen LogP contribution < -0.4 is 10.5 Å². The van der Waals surface area contributed by atoms with Crippen LogP contribution in [0.1, 0.15) is 24.4 Å². The van der Waals surface area contributed by atoms with Gasteiger partial charge in [0.15, 0.2) is 0 Å². The molecule has 0 aliphatic heterocycles. The number of hydrogen-bond donors (Lipinski definition) is 2. The Morgan fingerprint density at radius 2 is 2.19 bits per heavy atom. The van der Waals surface area contributed by atoms with E-state index >= 15 is 0 Å². The predicted molar refractivity (Wildman–Crippen MR) is 58.6 cm³/mol. The highest BCUT2D eigenvalue weighted by atomic mass is 19.1. The molecule has 88 valence electrons. The molecule has 0 bridgehead atoms. The van der Waals surface area contributed by atoms with Crippen molar-refractivity contribution >= 4 is 0 Å². The van der Waals surface area contributed by atoms with Crippen molar-refractivity contribution in [1.82, 2.24) is 0 Å². The fourth-order valence-electron chi connectivity index (χ4n) is 1.82. The van der Waals surface area contributed by atoms with Crippen molar-refractivity contribution in [1.29, 1.82) is 0 Å². The maximum absolute atomic E-state index is 13.6. The first kappa shape index (κ1) is 11.4. The second-order valence-electron chi connectivity index (χ2n) is 4.24. The van der Waals surface area contributed by atoms with E-state index < -0.39 is 18.0 Å². The summed E-state index contributed by atoms with van der Waals surface area (Å²) in [6.45, 7) is 0. The molecule has 1 fully saturated rings. The smallest absolute Gasteiger partial charge is 0.128 e. The van der Waals surface area contributed by atoms with E-state index in [1.54, 1.807) is 6.07 Å². The molecule has 3 N–H and O–H groups in total. The van der Waals surface area contributed by atoms with Crippen LogP contribution in [0.2, 0.25) is 0 Å². The normalized spacial score (nSPS) is 19.2. The molecule has 0 aromatic heterocycles. The molecule has 2 atom stereocenters. The number of halogens is 1. The van der Waals surface area contributed by atoms with E-state index in [4.69, 9.17) is 10.5 Å². The third kappa shape index (κ3) is 2.18. The third-order valence-electron chi connectivity index (χ3n) is 3.04. The Hall–Kier alpha value is -1.13. The van der Waals surface area contributed by atoms with Gasteiger partial charge in [-0.2, -0.15) is 0 Å².